The number of carbonyl (C=O) groups excluding carboxylic acids is 1. The number of carbonyl (C=O) groups is 1. The Kier molecular flexibility index (Phi) is 4.80. The van der Waals surface area contributed by atoms with Gasteiger partial charge in [0.25, 0.3) is 5.91 Å². The Labute approximate surface area is 121 Å². The van der Waals surface area contributed by atoms with Crippen LogP contribution in [0.25, 0.3) is 0 Å². The van der Waals surface area contributed by atoms with Crippen molar-refractivity contribution in [2.75, 3.05) is 5.33 Å². The maximum atomic E-state index is 12.1. The molecule has 4 heteroatoms. The minimum absolute atomic E-state index is 0.0659. The van der Waals surface area contributed by atoms with Crippen LogP contribution >= 0.6 is 15.9 Å². The first-order valence-corrected chi connectivity index (χ1v) is 7.37. The van der Waals surface area contributed by atoms with E-state index in [9.17, 15) is 4.79 Å². The third-order valence-corrected chi connectivity index (χ3v) is 3.54. The van der Waals surface area contributed by atoms with Crippen molar-refractivity contribution in [2.24, 2.45) is 0 Å². The highest BCUT2D eigenvalue weighted by Crippen LogP contribution is 2.16. The number of aryl methyl sites for hydroxylation is 1. The summed E-state index contributed by atoms with van der Waals surface area (Å²) in [5.74, 6) is 0.993. The Balaban J connectivity index is 2.08. The second-order valence-corrected chi connectivity index (χ2v) is 4.86. The summed E-state index contributed by atoms with van der Waals surface area (Å²) in [6, 6.07) is 13.3. The number of amides is 1. The van der Waals surface area contributed by atoms with Crippen LogP contribution in [0.1, 0.15) is 34.8 Å². The molecule has 0 fully saturated rings. The Morgan fingerprint density at radius 2 is 2.00 bits per heavy atom. The Bertz CT molecular complexity index is 536. The minimum Gasteiger partial charge on any atom is -0.456 e. The van der Waals surface area contributed by atoms with Crippen LogP contribution in [0.4, 0.5) is 0 Å². The molecule has 1 atom stereocenters. The van der Waals surface area contributed by atoms with Gasteiger partial charge in [-0.05, 0) is 17.7 Å². The van der Waals surface area contributed by atoms with Crippen molar-refractivity contribution in [2.45, 2.75) is 19.4 Å². The van der Waals surface area contributed by atoms with Crippen LogP contribution in [0, 0.1) is 0 Å². The Hall–Kier alpha value is -1.55. The van der Waals surface area contributed by atoms with E-state index < -0.39 is 0 Å². The number of rotatable bonds is 5. The summed E-state index contributed by atoms with van der Waals surface area (Å²) in [6.45, 7) is 1.99. The molecule has 0 radical (unpaired) electrons. The summed E-state index contributed by atoms with van der Waals surface area (Å²) in [7, 11) is 0. The average molecular weight is 322 g/mol. The number of hydrogen-bond acceptors (Lipinski definition) is 2. The molecule has 3 nitrogen and oxygen atoms in total. The molecular formula is C15H16BrNO2. The van der Waals surface area contributed by atoms with Gasteiger partial charge < -0.3 is 9.73 Å². The topological polar surface area (TPSA) is 42.2 Å². The van der Waals surface area contributed by atoms with Crippen LogP contribution in [0.15, 0.2) is 46.9 Å². The molecule has 0 aliphatic rings. The molecule has 19 heavy (non-hydrogen) atoms. The third-order valence-electron chi connectivity index (χ3n) is 2.90. The van der Waals surface area contributed by atoms with E-state index in [1.54, 1.807) is 6.07 Å². The highest BCUT2D eigenvalue weighted by Gasteiger charge is 2.16. The normalized spacial score (nSPS) is 12.1. The van der Waals surface area contributed by atoms with Crippen LogP contribution in [-0.2, 0) is 6.42 Å². The van der Waals surface area contributed by atoms with Crippen molar-refractivity contribution in [1.29, 1.82) is 0 Å². The zero-order chi connectivity index (χ0) is 13.7. The van der Waals surface area contributed by atoms with Gasteiger partial charge in [-0.15, -0.1) is 0 Å². The van der Waals surface area contributed by atoms with Gasteiger partial charge in [-0.1, -0.05) is 53.2 Å². The van der Waals surface area contributed by atoms with Crippen molar-refractivity contribution in [3.8, 4) is 0 Å². The summed E-state index contributed by atoms with van der Waals surface area (Å²) in [4.78, 5) is 12.1. The molecule has 0 spiro atoms. The number of nitrogens with one attached hydrogen (secondary N) is 1. The standard InChI is InChI=1S/C15H16BrNO2/c1-2-12-8-9-14(19-12)15(18)17-13(10-16)11-6-4-3-5-7-11/h3-9,13H,2,10H2,1H3,(H,17,18). The number of benzene rings is 1. The van der Waals surface area contributed by atoms with E-state index in [1.807, 2.05) is 43.3 Å². The molecule has 1 N–H and O–H groups in total. The molecule has 1 amide bonds. The summed E-state index contributed by atoms with van der Waals surface area (Å²) in [6.07, 6.45) is 0.786. The molecular weight excluding hydrogens is 306 g/mol. The van der Waals surface area contributed by atoms with E-state index in [0.29, 0.717) is 11.1 Å². The first-order valence-electron chi connectivity index (χ1n) is 6.25. The Morgan fingerprint density at radius 3 is 2.58 bits per heavy atom. The summed E-state index contributed by atoms with van der Waals surface area (Å²) in [5.41, 5.74) is 1.06. The van der Waals surface area contributed by atoms with Crippen molar-refractivity contribution < 1.29 is 9.21 Å². The maximum absolute atomic E-state index is 12.1. The quantitative estimate of drug-likeness (QED) is 0.853. The molecule has 2 rings (SSSR count). The number of halogens is 1. The van der Waals surface area contributed by atoms with E-state index in [1.165, 1.54) is 0 Å². The zero-order valence-corrected chi connectivity index (χ0v) is 12.3. The SMILES string of the molecule is CCc1ccc(C(=O)NC(CBr)c2ccccc2)o1. The zero-order valence-electron chi connectivity index (χ0n) is 10.7. The van der Waals surface area contributed by atoms with Crippen LogP contribution in [-0.4, -0.2) is 11.2 Å². The fraction of sp³-hybridized carbons (Fsp3) is 0.267. The lowest BCUT2D eigenvalue weighted by atomic mass is 10.1. The van der Waals surface area contributed by atoms with Gasteiger partial charge >= 0.3 is 0 Å². The summed E-state index contributed by atoms with van der Waals surface area (Å²) >= 11 is 3.43. The van der Waals surface area contributed by atoms with Crippen molar-refractivity contribution in [3.05, 3.63) is 59.5 Å². The minimum atomic E-state index is -0.187. The second kappa shape index (κ2) is 6.57. The monoisotopic (exact) mass is 321 g/mol. The first kappa shape index (κ1) is 13.9. The van der Waals surface area contributed by atoms with Gasteiger partial charge in [0.15, 0.2) is 5.76 Å². The van der Waals surface area contributed by atoms with E-state index in [0.717, 1.165) is 17.7 Å². The largest absolute Gasteiger partial charge is 0.456 e. The van der Waals surface area contributed by atoms with Crippen LogP contribution in [0.2, 0.25) is 0 Å². The lowest BCUT2D eigenvalue weighted by Crippen LogP contribution is -2.29. The van der Waals surface area contributed by atoms with E-state index in [2.05, 4.69) is 21.2 Å². The van der Waals surface area contributed by atoms with Gasteiger partial charge in [0.2, 0.25) is 0 Å². The van der Waals surface area contributed by atoms with Crippen molar-refractivity contribution in [1.82, 2.24) is 5.32 Å². The predicted molar refractivity (Wildman–Crippen MR) is 78.5 cm³/mol. The van der Waals surface area contributed by atoms with Crippen LogP contribution in [0.5, 0.6) is 0 Å². The lowest BCUT2D eigenvalue weighted by molar-refractivity contribution is 0.0911. The molecule has 0 saturated heterocycles. The lowest BCUT2D eigenvalue weighted by Gasteiger charge is -2.15. The van der Waals surface area contributed by atoms with Gasteiger partial charge in [-0.3, -0.25) is 4.79 Å². The van der Waals surface area contributed by atoms with Crippen molar-refractivity contribution >= 4 is 21.8 Å². The van der Waals surface area contributed by atoms with Gasteiger partial charge in [-0.2, -0.15) is 0 Å². The van der Waals surface area contributed by atoms with Gasteiger partial charge in [0, 0.05) is 11.8 Å². The van der Waals surface area contributed by atoms with Crippen LogP contribution in [0.3, 0.4) is 0 Å². The highest BCUT2D eigenvalue weighted by molar-refractivity contribution is 9.09. The van der Waals surface area contributed by atoms with Crippen molar-refractivity contribution in [3.63, 3.8) is 0 Å². The molecule has 0 aliphatic carbocycles. The molecule has 1 aromatic heterocycles. The molecule has 1 unspecified atom stereocenters. The predicted octanol–water partition coefficient (Wildman–Crippen LogP) is 3.71. The number of hydrogen-bond donors (Lipinski definition) is 1. The number of furan rings is 1. The summed E-state index contributed by atoms with van der Waals surface area (Å²) < 4.78 is 5.45. The number of alkyl halides is 1. The van der Waals surface area contributed by atoms with E-state index in [-0.39, 0.29) is 11.9 Å². The average Bonchev–Trinajstić information content (AvgIpc) is 2.94. The molecule has 0 aliphatic heterocycles. The molecule has 0 saturated carbocycles. The highest BCUT2D eigenvalue weighted by atomic mass is 79.9. The smallest absolute Gasteiger partial charge is 0.287 e. The van der Waals surface area contributed by atoms with Crippen LogP contribution < -0.4 is 5.32 Å². The fourth-order valence-corrected chi connectivity index (χ4v) is 2.35. The fourth-order valence-electron chi connectivity index (χ4n) is 1.82. The van der Waals surface area contributed by atoms with E-state index >= 15 is 0 Å². The van der Waals surface area contributed by atoms with Gasteiger partial charge in [-0.25, -0.2) is 0 Å². The maximum Gasteiger partial charge on any atom is 0.287 e. The third kappa shape index (κ3) is 3.47. The molecule has 0 bridgehead atoms. The molecule has 1 aromatic carbocycles. The molecule has 2 aromatic rings. The molecule has 100 valence electrons. The van der Waals surface area contributed by atoms with Gasteiger partial charge in [0.05, 0.1) is 6.04 Å². The van der Waals surface area contributed by atoms with E-state index in [4.69, 9.17) is 4.42 Å². The second-order valence-electron chi connectivity index (χ2n) is 4.21. The molecule has 1 heterocycles. The summed E-state index contributed by atoms with van der Waals surface area (Å²) in [5, 5.41) is 3.61. The Morgan fingerprint density at radius 1 is 1.26 bits per heavy atom. The first-order chi connectivity index (χ1) is 9.24. The van der Waals surface area contributed by atoms with Gasteiger partial charge in [0.1, 0.15) is 5.76 Å².